The second-order valence-electron chi connectivity index (χ2n) is 11.5. The maximum Gasteiger partial charge on any atom is 0.124 e. The Kier molecular flexibility index (Phi) is 4.86. The Balaban J connectivity index is 1.01. The Morgan fingerprint density at radius 3 is 2.87 bits per heavy atom. The first-order valence-corrected chi connectivity index (χ1v) is 13.8. The fraction of sp³-hybridized carbons (Fsp3) is 0.375. The number of piperidine rings is 1. The molecule has 3 heterocycles. The zero-order valence-electron chi connectivity index (χ0n) is 21.5. The van der Waals surface area contributed by atoms with Gasteiger partial charge in [-0.3, -0.25) is 4.90 Å². The van der Waals surface area contributed by atoms with Gasteiger partial charge in [0, 0.05) is 40.2 Å². The molecule has 1 saturated heterocycles. The van der Waals surface area contributed by atoms with E-state index in [2.05, 4.69) is 81.4 Å². The van der Waals surface area contributed by atoms with Crippen LogP contribution in [0, 0.1) is 36.0 Å². The average Bonchev–Trinajstić information content (AvgIpc) is 3.75. The van der Waals surface area contributed by atoms with E-state index in [0.717, 1.165) is 77.3 Å². The highest BCUT2D eigenvalue weighted by molar-refractivity contribution is 6.04. The van der Waals surface area contributed by atoms with E-state index < -0.39 is 0 Å². The number of hydrogen-bond acceptors (Lipinski definition) is 4. The van der Waals surface area contributed by atoms with Gasteiger partial charge in [-0.05, 0) is 74.7 Å². The van der Waals surface area contributed by atoms with Crippen molar-refractivity contribution in [2.45, 2.75) is 56.8 Å². The van der Waals surface area contributed by atoms with Gasteiger partial charge in [-0.2, -0.15) is 0 Å². The summed E-state index contributed by atoms with van der Waals surface area (Å²) in [6.45, 7) is 0.727. The largest absolute Gasteiger partial charge is 0.344 e. The highest BCUT2D eigenvalue weighted by Crippen LogP contribution is 2.52. The van der Waals surface area contributed by atoms with Gasteiger partial charge in [-0.25, -0.2) is 9.97 Å². The number of hydrogen-bond donors (Lipinski definition) is 3. The van der Waals surface area contributed by atoms with Crippen molar-refractivity contribution in [1.29, 1.82) is 0 Å². The van der Waals surface area contributed by atoms with Gasteiger partial charge in [-0.15, -0.1) is 12.3 Å². The van der Waals surface area contributed by atoms with Crippen LogP contribution in [0.5, 0.6) is 0 Å². The van der Waals surface area contributed by atoms with Crippen molar-refractivity contribution in [2.24, 2.45) is 11.8 Å². The SMILES string of the molecule is C#CC1CC1NCc1nc2c([nH]1)CCC(C#Cc1ccc3c(ccc4[nH]c(C5CC6CC6N5C)nc43)c1)=C2. The van der Waals surface area contributed by atoms with Gasteiger partial charge in [0.15, 0.2) is 0 Å². The molecule has 3 fully saturated rings. The number of nitrogens with one attached hydrogen (secondary N) is 3. The smallest absolute Gasteiger partial charge is 0.124 e. The molecule has 3 N–H and O–H groups in total. The van der Waals surface area contributed by atoms with Crippen molar-refractivity contribution >= 4 is 27.9 Å². The molecule has 1 aliphatic heterocycles. The minimum Gasteiger partial charge on any atom is -0.344 e. The number of likely N-dealkylation sites (tertiary alicyclic amines) is 1. The molecule has 2 aromatic heterocycles. The van der Waals surface area contributed by atoms with Gasteiger partial charge in [0.2, 0.25) is 0 Å². The van der Waals surface area contributed by atoms with Crippen LogP contribution < -0.4 is 5.32 Å². The van der Waals surface area contributed by atoms with Gasteiger partial charge < -0.3 is 15.3 Å². The first-order valence-electron chi connectivity index (χ1n) is 13.8. The lowest BCUT2D eigenvalue weighted by Gasteiger charge is -2.20. The van der Waals surface area contributed by atoms with E-state index in [9.17, 15) is 0 Å². The van der Waals surface area contributed by atoms with Crippen molar-refractivity contribution in [3.05, 3.63) is 64.5 Å². The summed E-state index contributed by atoms with van der Waals surface area (Å²) in [4.78, 5) is 19.4. The lowest BCUT2D eigenvalue weighted by Crippen LogP contribution is -2.22. The number of H-pyrrole nitrogens is 2. The summed E-state index contributed by atoms with van der Waals surface area (Å²) in [6.07, 6.45) is 13.1. The van der Waals surface area contributed by atoms with Gasteiger partial charge in [-0.1, -0.05) is 24.0 Å². The number of terminal acetylenes is 1. The molecule has 2 saturated carbocycles. The Bertz CT molecular complexity index is 1740. The zero-order chi connectivity index (χ0) is 25.4. The van der Waals surface area contributed by atoms with E-state index in [1.54, 1.807) is 0 Å². The third-order valence-electron chi connectivity index (χ3n) is 8.95. The summed E-state index contributed by atoms with van der Waals surface area (Å²) < 4.78 is 0. The van der Waals surface area contributed by atoms with Crippen molar-refractivity contribution in [3.8, 4) is 24.2 Å². The molecule has 2 aromatic carbocycles. The second kappa shape index (κ2) is 8.33. The summed E-state index contributed by atoms with van der Waals surface area (Å²) in [5.41, 5.74) is 6.55. The Labute approximate surface area is 222 Å². The molecular weight excluding hydrogens is 468 g/mol. The molecule has 188 valence electrons. The lowest BCUT2D eigenvalue weighted by atomic mass is 10.00. The van der Waals surface area contributed by atoms with Crippen LogP contribution in [0.3, 0.4) is 0 Å². The van der Waals surface area contributed by atoms with Crippen LogP contribution in [0.2, 0.25) is 0 Å². The molecule has 6 nitrogen and oxygen atoms in total. The minimum atomic E-state index is 0.378. The first-order chi connectivity index (χ1) is 18.6. The van der Waals surface area contributed by atoms with E-state index >= 15 is 0 Å². The molecule has 5 unspecified atom stereocenters. The monoisotopic (exact) mass is 498 g/mol. The van der Waals surface area contributed by atoms with Crippen LogP contribution in [0.15, 0.2) is 35.9 Å². The molecule has 6 heteroatoms. The third-order valence-corrected chi connectivity index (χ3v) is 8.95. The highest BCUT2D eigenvalue weighted by Gasteiger charge is 2.51. The Morgan fingerprint density at radius 1 is 1.08 bits per heavy atom. The topological polar surface area (TPSA) is 72.6 Å². The maximum atomic E-state index is 5.50. The van der Waals surface area contributed by atoms with E-state index in [1.165, 1.54) is 29.3 Å². The van der Waals surface area contributed by atoms with Crippen LogP contribution in [0.1, 0.15) is 60.3 Å². The van der Waals surface area contributed by atoms with E-state index in [-0.39, 0.29) is 0 Å². The molecule has 0 amide bonds. The number of benzene rings is 2. The molecule has 38 heavy (non-hydrogen) atoms. The number of aromatic nitrogens is 4. The Hall–Kier alpha value is -3.84. The normalized spacial score (nSPS) is 27.4. The molecule has 4 aliphatic rings. The predicted octanol–water partition coefficient (Wildman–Crippen LogP) is 4.70. The quantitative estimate of drug-likeness (QED) is 0.357. The molecule has 4 aromatic rings. The van der Waals surface area contributed by atoms with Crippen LogP contribution in [0.4, 0.5) is 0 Å². The summed E-state index contributed by atoms with van der Waals surface area (Å²) in [5.74, 6) is 12.9. The summed E-state index contributed by atoms with van der Waals surface area (Å²) >= 11 is 0. The molecule has 0 spiro atoms. The first kappa shape index (κ1) is 22.2. The van der Waals surface area contributed by atoms with Crippen LogP contribution >= 0.6 is 0 Å². The fourth-order valence-corrected chi connectivity index (χ4v) is 6.48. The summed E-state index contributed by atoms with van der Waals surface area (Å²) in [6, 6.07) is 12.4. The van der Waals surface area contributed by atoms with Gasteiger partial charge >= 0.3 is 0 Å². The number of fused-ring (bicyclic) bond motifs is 5. The van der Waals surface area contributed by atoms with E-state index in [1.807, 2.05) is 0 Å². The fourth-order valence-electron chi connectivity index (χ4n) is 6.48. The molecular formula is C32H30N6. The van der Waals surface area contributed by atoms with Crippen LogP contribution in [0.25, 0.3) is 27.9 Å². The van der Waals surface area contributed by atoms with Crippen LogP contribution in [-0.2, 0) is 13.0 Å². The van der Waals surface area contributed by atoms with Crippen molar-refractivity contribution in [1.82, 2.24) is 30.2 Å². The number of aromatic amines is 2. The molecule has 0 bridgehead atoms. The average molecular weight is 499 g/mol. The number of allylic oxidation sites excluding steroid dienone is 1. The standard InChI is InChI=1S/C32H30N6/c1-3-20-14-26(20)33-17-30-34-24-10-7-19(13-27(24)35-30)5-4-18-6-9-23-21(12-18)8-11-25-31(23)37-32(36-25)29-16-22-15-28(22)38(29)2/h1,6,8-9,11-13,20,22,26,28-29,33H,7,10,14-17H2,2H3,(H,34,35)(H,36,37). The van der Waals surface area contributed by atoms with Crippen molar-refractivity contribution < 1.29 is 0 Å². The second-order valence-corrected chi connectivity index (χ2v) is 11.5. The minimum absolute atomic E-state index is 0.378. The van der Waals surface area contributed by atoms with Gasteiger partial charge in [0.1, 0.15) is 11.6 Å². The number of imidazole rings is 2. The molecule has 3 aliphatic carbocycles. The molecule has 8 rings (SSSR count). The van der Waals surface area contributed by atoms with Crippen molar-refractivity contribution in [3.63, 3.8) is 0 Å². The summed E-state index contributed by atoms with van der Waals surface area (Å²) in [5, 5.41) is 5.85. The third kappa shape index (κ3) is 3.76. The lowest BCUT2D eigenvalue weighted by molar-refractivity contribution is 0.264. The van der Waals surface area contributed by atoms with E-state index in [0.29, 0.717) is 18.0 Å². The summed E-state index contributed by atoms with van der Waals surface area (Å²) in [7, 11) is 2.24. The highest BCUT2D eigenvalue weighted by atomic mass is 15.3. The molecule has 5 atom stereocenters. The van der Waals surface area contributed by atoms with Crippen molar-refractivity contribution in [2.75, 3.05) is 7.05 Å². The maximum absolute atomic E-state index is 5.50. The van der Waals surface area contributed by atoms with Crippen LogP contribution in [-0.4, -0.2) is 44.0 Å². The number of aryl methyl sites for hydroxylation is 1. The number of nitrogens with zero attached hydrogens (tertiary/aromatic N) is 3. The molecule has 0 radical (unpaired) electrons. The predicted molar refractivity (Wildman–Crippen MR) is 150 cm³/mol. The van der Waals surface area contributed by atoms with Gasteiger partial charge in [0.05, 0.1) is 29.3 Å². The van der Waals surface area contributed by atoms with E-state index in [4.69, 9.17) is 16.4 Å². The van der Waals surface area contributed by atoms with Gasteiger partial charge in [0.25, 0.3) is 0 Å². The Morgan fingerprint density at radius 2 is 2.03 bits per heavy atom. The number of rotatable bonds is 4. The zero-order valence-corrected chi connectivity index (χ0v) is 21.5.